The SMILES string of the molecule is CCCNC(CCCC(C)(C)C)C1CCOC1. The van der Waals surface area contributed by atoms with Gasteiger partial charge in [0.25, 0.3) is 0 Å². The number of hydrogen-bond acceptors (Lipinski definition) is 2. The first-order valence-corrected chi connectivity index (χ1v) is 7.34. The Bertz CT molecular complexity index is 192. The van der Waals surface area contributed by atoms with E-state index in [1.54, 1.807) is 0 Å². The lowest BCUT2D eigenvalue weighted by molar-refractivity contribution is 0.173. The fourth-order valence-electron chi connectivity index (χ4n) is 2.56. The van der Waals surface area contributed by atoms with E-state index in [9.17, 15) is 0 Å². The number of hydrogen-bond donors (Lipinski definition) is 1. The van der Waals surface area contributed by atoms with E-state index in [2.05, 4.69) is 33.0 Å². The number of nitrogens with one attached hydrogen (secondary N) is 1. The average molecular weight is 241 g/mol. The third-order valence-corrected chi connectivity index (χ3v) is 3.63. The molecule has 0 spiro atoms. The molecule has 1 N–H and O–H groups in total. The zero-order valence-corrected chi connectivity index (χ0v) is 12.2. The van der Waals surface area contributed by atoms with Gasteiger partial charge in [-0.2, -0.15) is 0 Å². The van der Waals surface area contributed by atoms with Crippen LogP contribution in [0.15, 0.2) is 0 Å². The Balaban J connectivity index is 2.29. The topological polar surface area (TPSA) is 21.3 Å². The van der Waals surface area contributed by atoms with Crippen molar-refractivity contribution >= 4 is 0 Å². The first-order valence-electron chi connectivity index (χ1n) is 7.34. The van der Waals surface area contributed by atoms with Crippen molar-refractivity contribution in [1.82, 2.24) is 5.32 Å². The standard InChI is InChI=1S/C15H31NO/c1-5-10-16-14(13-8-11-17-12-13)7-6-9-15(2,3)4/h13-14,16H,5-12H2,1-4H3. The lowest BCUT2D eigenvalue weighted by Crippen LogP contribution is -2.37. The molecule has 17 heavy (non-hydrogen) atoms. The summed E-state index contributed by atoms with van der Waals surface area (Å²) in [5.41, 5.74) is 0.474. The molecule has 102 valence electrons. The molecule has 1 saturated heterocycles. The minimum atomic E-state index is 0.474. The van der Waals surface area contributed by atoms with Gasteiger partial charge in [0.2, 0.25) is 0 Å². The fraction of sp³-hybridized carbons (Fsp3) is 1.00. The van der Waals surface area contributed by atoms with Gasteiger partial charge in [0, 0.05) is 12.6 Å². The Morgan fingerprint density at radius 1 is 1.35 bits per heavy atom. The van der Waals surface area contributed by atoms with E-state index < -0.39 is 0 Å². The molecule has 0 aromatic heterocycles. The van der Waals surface area contributed by atoms with Gasteiger partial charge >= 0.3 is 0 Å². The molecule has 0 saturated carbocycles. The molecular weight excluding hydrogens is 210 g/mol. The van der Waals surface area contributed by atoms with Gasteiger partial charge in [-0.25, -0.2) is 0 Å². The molecular formula is C15H31NO. The molecule has 1 fully saturated rings. The predicted octanol–water partition coefficient (Wildman–Crippen LogP) is 3.61. The third-order valence-electron chi connectivity index (χ3n) is 3.63. The predicted molar refractivity (Wildman–Crippen MR) is 74.3 cm³/mol. The van der Waals surface area contributed by atoms with Crippen molar-refractivity contribution in [3.8, 4) is 0 Å². The monoisotopic (exact) mass is 241 g/mol. The second-order valence-corrected chi connectivity index (χ2v) is 6.64. The lowest BCUT2D eigenvalue weighted by atomic mass is 9.86. The summed E-state index contributed by atoms with van der Waals surface area (Å²) in [5.74, 6) is 0.751. The average Bonchev–Trinajstić information content (AvgIpc) is 2.74. The van der Waals surface area contributed by atoms with Crippen LogP contribution >= 0.6 is 0 Å². The van der Waals surface area contributed by atoms with Crippen molar-refractivity contribution in [3.63, 3.8) is 0 Å². The van der Waals surface area contributed by atoms with Gasteiger partial charge < -0.3 is 10.1 Å². The molecule has 0 aliphatic carbocycles. The first kappa shape index (κ1) is 15.0. The van der Waals surface area contributed by atoms with Crippen LogP contribution in [0.2, 0.25) is 0 Å². The Morgan fingerprint density at radius 3 is 2.65 bits per heavy atom. The van der Waals surface area contributed by atoms with E-state index in [1.165, 1.54) is 32.1 Å². The van der Waals surface area contributed by atoms with Gasteiger partial charge in [-0.15, -0.1) is 0 Å². The summed E-state index contributed by atoms with van der Waals surface area (Å²) < 4.78 is 5.53. The second-order valence-electron chi connectivity index (χ2n) is 6.64. The fourth-order valence-corrected chi connectivity index (χ4v) is 2.56. The Labute approximate surface area is 108 Å². The van der Waals surface area contributed by atoms with Crippen LogP contribution in [0.5, 0.6) is 0 Å². The molecule has 2 atom stereocenters. The van der Waals surface area contributed by atoms with Gasteiger partial charge in [0.05, 0.1) is 6.61 Å². The molecule has 1 heterocycles. The maximum Gasteiger partial charge on any atom is 0.0510 e. The van der Waals surface area contributed by atoms with Gasteiger partial charge in [0.1, 0.15) is 0 Å². The zero-order valence-electron chi connectivity index (χ0n) is 12.2. The second kappa shape index (κ2) is 7.38. The van der Waals surface area contributed by atoms with Crippen molar-refractivity contribution in [3.05, 3.63) is 0 Å². The van der Waals surface area contributed by atoms with Gasteiger partial charge in [-0.3, -0.25) is 0 Å². The number of ether oxygens (including phenoxy) is 1. The highest BCUT2D eigenvalue weighted by atomic mass is 16.5. The minimum absolute atomic E-state index is 0.474. The summed E-state index contributed by atoms with van der Waals surface area (Å²) in [4.78, 5) is 0. The Hall–Kier alpha value is -0.0800. The summed E-state index contributed by atoms with van der Waals surface area (Å²) in [5, 5.41) is 3.72. The largest absolute Gasteiger partial charge is 0.381 e. The summed E-state index contributed by atoms with van der Waals surface area (Å²) in [6, 6.07) is 0.680. The molecule has 1 rings (SSSR count). The van der Waals surface area contributed by atoms with E-state index in [0.717, 1.165) is 25.7 Å². The van der Waals surface area contributed by atoms with Crippen LogP contribution in [0.1, 0.15) is 59.8 Å². The minimum Gasteiger partial charge on any atom is -0.381 e. The zero-order chi connectivity index (χ0) is 12.7. The van der Waals surface area contributed by atoms with Gasteiger partial charge in [-0.1, -0.05) is 34.1 Å². The molecule has 0 bridgehead atoms. The summed E-state index contributed by atoms with van der Waals surface area (Å²) in [7, 11) is 0. The summed E-state index contributed by atoms with van der Waals surface area (Å²) in [6.07, 6.45) is 6.44. The van der Waals surface area contributed by atoms with Crippen molar-refractivity contribution in [1.29, 1.82) is 0 Å². The van der Waals surface area contributed by atoms with Crippen LogP contribution in [0, 0.1) is 11.3 Å². The number of rotatable bonds is 7. The van der Waals surface area contributed by atoms with E-state index in [-0.39, 0.29) is 0 Å². The molecule has 0 aromatic carbocycles. The van der Waals surface area contributed by atoms with Crippen molar-refractivity contribution < 1.29 is 4.74 Å². The quantitative estimate of drug-likeness (QED) is 0.735. The van der Waals surface area contributed by atoms with Crippen LogP contribution in [0.25, 0.3) is 0 Å². The van der Waals surface area contributed by atoms with Crippen LogP contribution in [-0.2, 0) is 4.74 Å². The van der Waals surface area contributed by atoms with Crippen LogP contribution in [-0.4, -0.2) is 25.8 Å². The molecule has 0 radical (unpaired) electrons. The van der Waals surface area contributed by atoms with Crippen molar-refractivity contribution in [2.24, 2.45) is 11.3 Å². The van der Waals surface area contributed by atoms with Gasteiger partial charge in [-0.05, 0) is 43.6 Å². The van der Waals surface area contributed by atoms with Crippen LogP contribution in [0.4, 0.5) is 0 Å². The van der Waals surface area contributed by atoms with Gasteiger partial charge in [0.15, 0.2) is 0 Å². The van der Waals surface area contributed by atoms with Crippen molar-refractivity contribution in [2.45, 2.75) is 65.8 Å². The van der Waals surface area contributed by atoms with Crippen LogP contribution in [0.3, 0.4) is 0 Å². The maximum absolute atomic E-state index is 5.53. The van der Waals surface area contributed by atoms with Crippen LogP contribution < -0.4 is 5.32 Å². The highest BCUT2D eigenvalue weighted by Gasteiger charge is 2.25. The van der Waals surface area contributed by atoms with E-state index >= 15 is 0 Å². The lowest BCUT2D eigenvalue weighted by Gasteiger charge is -2.25. The highest BCUT2D eigenvalue weighted by molar-refractivity contribution is 4.80. The molecule has 1 aliphatic rings. The Morgan fingerprint density at radius 2 is 2.12 bits per heavy atom. The smallest absolute Gasteiger partial charge is 0.0510 e. The highest BCUT2D eigenvalue weighted by Crippen LogP contribution is 2.25. The molecule has 0 amide bonds. The molecule has 0 aromatic rings. The molecule has 1 aliphatic heterocycles. The Kier molecular flexibility index (Phi) is 6.50. The molecule has 2 unspecified atom stereocenters. The molecule has 2 nitrogen and oxygen atoms in total. The summed E-state index contributed by atoms with van der Waals surface area (Å²) >= 11 is 0. The third kappa shape index (κ3) is 6.42. The summed E-state index contributed by atoms with van der Waals surface area (Å²) in [6.45, 7) is 12.3. The molecule has 2 heteroatoms. The normalized spacial score (nSPS) is 22.9. The van der Waals surface area contributed by atoms with E-state index in [1.807, 2.05) is 0 Å². The van der Waals surface area contributed by atoms with Crippen molar-refractivity contribution in [2.75, 3.05) is 19.8 Å². The van der Waals surface area contributed by atoms with E-state index in [0.29, 0.717) is 11.5 Å². The maximum atomic E-state index is 5.53. The van der Waals surface area contributed by atoms with E-state index in [4.69, 9.17) is 4.74 Å². The first-order chi connectivity index (χ1) is 8.03.